The van der Waals surface area contributed by atoms with E-state index in [9.17, 15) is 5.11 Å². The maximum absolute atomic E-state index is 10.8. The molecule has 0 radical (unpaired) electrons. The van der Waals surface area contributed by atoms with E-state index in [0.29, 0.717) is 17.0 Å². The van der Waals surface area contributed by atoms with Gasteiger partial charge in [-0.05, 0) is 34.8 Å². The van der Waals surface area contributed by atoms with Crippen LogP contribution in [-0.2, 0) is 10.8 Å². The molecule has 2 heteroatoms. The van der Waals surface area contributed by atoms with Crippen molar-refractivity contribution in [3.8, 4) is 5.75 Å². The van der Waals surface area contributed by atoms with Crippen molar-refractivity contribution in [2.75, 3.05) is 0 Å². The molecule has 0 aliphatic heterocycles. The fourth-order valence-electron chi connectivity index (χ4n) is 2.76. The van der Waals surface area contributed by atoms with Gasteiger partial charge in [0.2, 0.25) is 0 Å². The Labute approximate surface area is 142 Å². The van der Waals surface area contributed by atoms with Gasteiger partial charge in [-0.25, -0.2) is 0 Å². The summed E-state index contributed by atoms with van der Waals surface area (Å²) in [4.78, 5) is 0. The highest BCUT2D eigenvalue weighted by molar-refractivity contribution is 6.02. The molecule has 0 bridgehead atoms. The molecule has 0 aliphatic carbocycles. The van der Waals surface area contributed by atoms with Crippen LogP contribution in [-0.4, -0.2) is 10.8 Å². The lowest BCUT2D eigenvalue weighted by atomic mass is 9.77. The van der Waals surface area contributed by atoms with E-state index in [4.69, 9.17) is 5.41 Å². The summed E-state index contributed by atoms with van der Waals surface area (Å²) in [6, 6.07) is 4.14. The molecule has 0 spiro atoms. The third kappa shape index (κ3) is 4.83. The number of benzene rings is 1. The van der Waals surface area contributed by atoms with Crippen molar-refractivity contribution < 1.29 is 5.11 Å². The molecule has 0 saturated heterocycles. The number of aromatic hydroxyl groups is 1. The summed E-state index contributed by atoms with van der Waals surface area (Å²) in [5.74, 6) is 0.461. The van der Waals surface area contributed by atoms with Crippen LogP contribution in [0.4, 0.5) is 0 Å². The summed E-state index contributed by atoms with van der Waals surface area (Å²) >= 11 is 0. The Morgan fingerprint density at radius 3 is 2.09 bits per heavy atom. The molecule has 23 heavy (non-hydrogen) atoms. The Balaban J connectivity index is 3.44. The van der Waals surface area contributed by atoms with Crippen LogP contribution in [0.3, 0.4) is 0 Å². The first-order valence-corrected chi connectivity index (χ1v) is 8.86. The van der Waals surface area contributed by atoms with E-state index in [1.165, 1.54) is 5.56 Å². The Hall–Kier alpha value is -1.31. The summed E-state index contributed by atoms with van der Waals surface area (Å²) in [6.07, 6.45) is 3.26. The topological polar surface area (TPSA) is 44.1 Å². The van der Waals surface area contributed by atoms with Gasteiger partial charge in [0.1, 0.15) is 5.75 Å². The zero-order valence-electron chi connectivity index (χ0n) is 16.3. The first-order valence-electron chi connectivity index (χ1n) is 8.86. The number of unbranched alkanes of at least 4 members (excludes halogenated alkanes) is 1. The number of hydrogen-bond donors (Lipinski definition) is 2. The molecule has 1 rings (SSSR count). The van der Waals surface area contributed by atoms with E-state index in [2.05, 4.69) is 61.5 Å². The highest BCUT2D eigenvalue weighted by Crippen LogP contribution is 2.38. The van der Waals surface area contributed by atoms with Crippen LogP contribution in [0.5, 0.6) is 5.75 Å². The maximum atomic E-state index is 10.8. The van der Waals surface area contributed by atoms with Gasteiger partial charge in [0, 0.05) is 16.8 Å². The second kappa shape index (κ2) is 7.07. The van der Waals surface area contributed by atoms with Crippen LogP contribution in [0.25, 0.3) is 0 Å². The minimum atomic E-state index is -0.146. The number of rotatable bonds is 5. The lowest BCUT2D eigenvalue weighted by Crippen LogP contribution is -2.20. The molecule has 1 aromatic carbocycles. The lowest BCUT2D eigenvalue weighted by Gasteiger charge is -2.28. The molecule has 2 N–H and O–H groups in total. The number of hydrogen-bond acceptors (Lipinski definition) is 2. The predicted molar refractivity (Wildman–Crippen MR) is 101 cm³/mol. The minimum Gasteiger partial charge on any atom is -0.507 e. The zero-order chi connectivity index (χ0) is 18.0. The fourth-order valence-corrected chi connectivity index (χ4v) is 2.76. The maximum Gasteiger partial charge on any atom is 0.128 e. The normalized spacial score (nSPS) is 13.9. The van der Waals surface area contributed by atoms with Gasteiger partial charge in [0.05, 0.1) is 0 Å². The van der Waals surface area contributed by atoms with E-state index in [-0.39, 0.29) is 16.7 Å². The van der Waals surface area contributed by atoms with Gasteiger partial charge < -0.3 is 10.5 Å². The minimum absolute atomic E-state index is 0.00458. The number of phenols is 1. The Bertz CT molecular complexity index is 558. The molecule has 2 nitrogen and oxygen atoms in total. The van der Waals surface area contributed by atoms with Crippen molar-refractivity contribution in [1.82, 2.24) is 0 Å². The van der Waals surface area contributed by atoms with E-state index in [1.54, 1.807) is 0 Å². The monoisotopic (exact) mass is 317 g/mol. The molecular weight excluding hydrogens is 282 g/mol. The smallest absolute Gasteiger partial charge is 0.128 e. The zero-order valence-corrected chi connectivity index (χ0v) is 16.3. The van der Waals surface area contributed by atoms with Crippen molar-refractivity contribution in [1.29, 1.82) is 5.41 Å². The van der Waals surface area contributed by atoms with E-state index in [0.717, 1.165) is 24.8 Å². The van der Waals surface area contributed by atoms with Gasteiger partial charge in [0.25, 0.3) is 0 Å². The van der Waals surface area contributed by atoms with Crippen LogP contribution in [0.1, 0.15) is 91.3 Å². The van der Waals surface area contributed by atoms with E-state index < -0.39 is 0 Å². The average molecular weight is 318 g/mol. The van der Waals surface area contributed by atoms with Crippen molar-refractivity contribution in [2.24, 2.45) is 5.92 Å². The summed E-state index contributed by atoms with van der Waals surface area (Å²) < 4.78 is 0. The summed E-state index contributed by atoms with van der Waals surface area (Å²) in [5, 5.41) is 19.4. The number of phenolic OH excluding ortho intramolecular Hbond substituents is 1. The Kier molecular flexibility index (Phi) is 6.06. The van der Waals surface area contributed by atoms with Gasteiger partial charge >= 0.3 is 0 Å². The third-order valence-electron chi connectivity index (χ3n) is 4.56. The Morgan fingerprint density at radius 1 is 1.09 bits per heavy atom. The molecule has 1 atom stereocenters. The standard InChI is InChI=1S/C21H35NO/c1-9-10-11-14(2)18(22)16-12-15(20(3,4)5)13-17(19(16)23)21(6,7)8/h12-14,22-23H,9-11H2,1-8H3. The van der Waals surface area contributed by atoms with Crippen molar-refractivity contribution in [3.63, 3.8) is 0 Å². The highest BCUT2D eigenvalue weighted by atomic mass is 16.3. The van der Waals surface area contributed by atoms with E-state index in [1.807, 2.05) is 6.07 Å². The van der Waals surface area contributed by atoms with Crippen LogP contribution in [0.2, 0.25) is 0 Å². The first-order chi connectivity index (χ1) is 10.4. The highest BCUT2D eigenvalue weighted by Gasteiger charge is 2.27. The lowest BCUT2D eigenvalue weighted by molar-refractivity contribution is 0.442. The second-order valence-corrected chi connectivity index (χ2v) is 8.88. The predicted octanol–water partition coefficient (Wildman–Crippen LogP) is 6.18. The summed E-state index contributed by atoms with van der Waals surface area (Å²) in [6.45, 7) is 17.1. The molecule has 0 heterocycles. The number of nitrogens with one attached hydrogen (secondary N) is 1. The van der Waals surface area contributed by atoms with Gasteiger partial charge in [-0.3, -0.25) is 0 Å². The molecule has 0 aromatic heterocycles. The molecule has 0 fully saturated rings. The molecule has 130 valence electrons. The third-order valence-corrected chi connectivity index (χ3v) is 4.56. The largest absolute Gasteiger partial charge is 0.507 e. The second-order valence-electron chi connectivity index (χ2n) is 8.88. The van der Waals surface area contributed by atoms with E-state index >= 15 is 0 Å². The van der Waals surface area contributed by atoms with Crippen LogP contribution < -0.4 is 0 Å². The summed E-state index contributed by atoms with van der Waals surface area (Å²) in [7, 11) is 0. The molecule has 1 unspecified atom stereocenters. The molecular formula is C21H35NO. The average Bonchev–Trinajstić information content (AvgIpc) is 2.41. The molecule has 1 aromatic rings. The van der Waals surface area contributed by atoms with Crippen LogP contribution in [0, 0.1) is 11.3 Å². The van der Waals surface area contributed by atoms with Gasteiger partial charge in [0.15, 0.2) is 0 Å². The van der Waals surface area contributed by atoms with Crippen LogP contribution in [0.15, 0.2) is 12.1 Å². The van der Waals surface area contributed by atoms with Crippen LogP contribution >= 0.6 is 0 Å². The quantitative estimate of drug-likeness (QED) is 0.625. The SMILES string of the molecule is CCCCC(C)C(=N)c1cc(C(C)(C)C)cc(C(C)(C)C)c1O. The van der Waals surface area contributed by atoms with Crippen molar-refractivity contribution in [2.45, 2.75) is 85.5 Å². The molecule has 0 amide bonds. The van der Waals surface area contributed by atoms with Crippen molar-refractivity contribution in [3.05, 3.63) is 28.8 Å². The van der Waals surface area contributed by atoms with Crippen molar-refractivity contribution >= 4 is 5.71 Å². The first kappa shape index (κ1) is 19.7. The van der Waals surface area contributed by atoms with Gasteiger partial charge in [-0.2, -0.15) is 0 Å². The fraction of sp³-hybridized carbons (Fsp3) is 0.667. The summed E-state index contributed by atoms with van der Waals surface area (Å²) in [5.41, 5.74) is 3.25. The molecule has 0 aliphatic rings. The van der Waals surface area contributed by atoms with Gasteiger partial charge in [-0.1, -0.05) is 74.3 Å². The Morgan fingerprint density at radius 2 is 1.65 bits per heavy atom. The van der Waals surface area contributed by atoms with Gasteiger partial charge in [-0.15, -0.1) is 0 Å². The molecule has 0 saturated carbocycles.